The maximum absolute atomic E-state index is 11.9. The summed E-state index contributed by atoms with van der Waals surface area (Å²) in [4.78, 5) is 11.9. The third-order valence-electron chi connectivity index (χ3n) is 3.85. The first kappa shape index (κ1) is 13.2. The Hall–Kier alpha value is -0.220. The molecule has 1 heterocycles. The number of hydrogen-bond donors (Lipinski definition) is 2. The van der Waals surface area contributed by atoms with Crippen molar-refractivity contribution < 1.29 is 9.90 Å². The van der Waals surface area contributed by atoms with Crippen LogP contribution in [-0.2, 0) is 4.79 Å². The maximum atomic E-state index is 11.9. The fourth-order valence-electron chi connectivity index (χ4n) is 2.66. The summed E-state index contributed by atoms with van der Waals surface area (Å²) in [5.41, 5.74) is 0. The molecule has 1 unspecified atom stereocenters. The minimum Gasteiger partial charge on any atom is -0.393 e. The van der Waals surface area contributed by atoms with Crippen LogP contribution < -0.4 is 5.32 Å². The van der Waals surface area contributed by atoms with Gasteiger partial charge in [0.15, 0.2) is 0 Å². The molecule has 2 rings (SSSR count). The van der Waals surface area contributed by atoms with Gasteiger partial charge < -0.3 is 10.4 Å². The van der Waals surface area contributed by atoms with E-state index in [9.17, 15) is 9.90 Å². The number of nitrogens with one attached hydrogen (secondary N) is 1. The number of thioether (sulfide) groups is 1. The van der Waals surface area contributed by atoms with Crippen LogP contribution in [0.2, 0.25) is 0 Å². The predicted octanol–water partition coefficient (Wildman–Crippen LogP) is 1.94. The first-order valence-electron chi connectivity index (χ1n) is 6.83. The summed E-state index contributed by atoms with van der Waals surface area (Å²) in [5.74, 6) is 1.95. The molecule has 1 aliphatic heterocycles. The Morgan fingerprint density at radius 1 is 1.18 bits per heavy atom. The van der Waals surface area contributed by atoms with Crippen LogP contribution >= 0.6 is 11.8 Å². The Morgan fingerprint density at radius 3 is 2.59 bits per heavy atom. The van der Waals surface area contributed by atoms with Crippen LogP contribution in [0, 0.1) is 5.92 Å². The van der Waals surface area contributed by atoms with Gasteiger partial charge in [-0.2, -0.15) is 0 Å². The average molecular weight is 257 g/mol. The van der Waals surface area contributed by atoms with Crippen molar-refractivity contribution in [3.8, 4) is 0 Å². The molecule has 2 fully saturated rings. The second kappa shape index (κ2) is 6.64. The zero-order valence-electron chi connectivity index (χ0n) is 10.4. The molecule has 1 saturated carbocycles. The molecule has 0 bridgehead atoms. The second-order valence-corrected chi connectivity index (χ2v) is 6.59. The molecule has 0 aromatic heterocycles. The van der Waals surface area contributed by atoms with E-state index in [2.05, 4.69) is 5.32 Å². The molecule has 2 N–H and O–H groups in total. The molecule has 1 atom stereocenters. The van der Waals surface area contributed by atoms with Gasteiger partial charge in [0.2, 0.25) is 5.91 Å². The first-order chi connectivity index (χ1) is 8.25. The molecule has 98 valence electrons. The fraction of sp³-hybridized carbons (Fsp3) is 0.923. The van der Waals surface area contributed by atoms with E-state index in [1.807, 2.05) is 0 Å². The van der Waals surface area contributed by atoms with Gasteiger partial charge in [0.05, 0.1) is 11.4 Å². The van der Waals surface area contributed by atoms with Crippen molar-refractivity contribution in [1.29, 1.82) is 0 Å². The Labute approximate surface area is 108 Å². The number of aliphatic hydroxyl groups excluding tert-OH is 1. The quantitative estimate of drug-likeness (QED) is 0.812. The van der Waals surface area contributed by atoms with Crippen molar-refractivity contribution in [3.05, 3.63) is 0 Å². The predicted molar refractivity (Wildman–Crippen MR) is 71.1 cm³/mol. The van der Waals surface area contributed by atoms with Crippen LogP contribution in [0.3, 0.4) is 0 Å². The van der Waals surface area contributed by atoms with Gasteiger partial charge in [-0.05, 0) is 50.2 Å². The third-order valence-corrected chi connectivity index (χ3v) is 5.23. The van der Waals surface area contributed by atoms with Crippen molar-refractivity contribution >= 4 is 17.7 Å². The summed E-state index contributed by atoms with van der Waals surface area (Å²) in [7, 11) is 0. The Morgan fingerprint density at radius 2 is 1.94 bits per heavy atom. The van der Waals surface area contributed by atoms with Crippen molar-refractivity contribution in [2.24, 2.45) is 5.92 Å². The fourth-order valence-corrected chi connectivity index (χ4v) is 3.88. The van der Waals surface area contributed by atoms with Gasteiger partial charge in [-0.15, -0.1) is 11.8 Å². The normalized spacial score (nSPS) is 34.3. The molecule has 1 amide bonds. The molecular formula is C13H23NO2S. The SMILES string of the molecule is O=C(NCC1CCC(O)CC1)C1CCCCS1. The van der Waals surface area contributed by atoms with Gasteiger partial charge in [0.25, 0.3) is 0 Å². The largest absolute Gasteiger partial charge is 0.393 e. The lowest BCUT2D eigenvalue weighted by Crippen LogP contribution is -2.38. The van der Waals surface area contributed by atoms with Gasteiger partial charge in [-0.25, -0.2) is 0 Å². The van der Waals surface area contributed by atoms with E-state index in [4.69, 9.17) is 0 Å². The lowest BCUT2D eigenvalue weighted by atomic mass is 9.87. The second-order valence-electron chi connectivity index (χ2n) is 5.27. The first-order valence-corrected chi connectivity index (χ1v) is 7.88. The zero-order valence-corrected chi connectivity index (χ0v) is 11.2. The van der Waals surface area contributed by atoms with Crippen LogP contribution in [0.15, 0.2) is 0 Å². The monoisotopic (exact) mass is 257 g/mol. The number of rotatable bonds is 3. The molecule has 0 aromatic rings. The highest BCUT2D eigenvalue weighted by molar-refractivity contribution is 8.00. The molecule has 1 saturated heterocycles. The van der Waals surface area contributed by atoms with E-state index in [0.29, 0.717) is 5.92 Å². The van der Waals surface area contributed by atoms with Crippen LogP contribution in [-0.4, -0.2) is 34.7 Å². The topological polar surface area (TPSA) is 49.3 Å². The lowest BCUT2D eigenvalue weighted by molar-refractivity contribution is -0.121. The minimum absolute atomic E-state index is 0.101. The van der Waals surface area contributed by atoms with Gasteiger partial charge in [0, 0.05) is 6.54 Å². The summed E-state index contributed by atoms with van der Waals surface area (Å²) in [6, 6.07) is 0. The van der Waals surface area contributed by atoms with Crippen LogP contribution in [0.25, 0.3) is 0 Å². The summed E-state index contributed by atoms with van der Waals surface area (Å²) in [6.07, 6.45) is 7.31. The average Bonchev–Trinajstić information content (AvgIpc) is 2.39. The Balaban J connectivity index is 1.65. The summed E-state index contributed by atoms with van der Waals surface area (Å²) in [6.45, 7) is 0.808. The van der Waals surface area contributed by atoms with Crippen LogP contribution in [0.5, 0.6) is 0 Å². The van der Waals surface area contributed by atoms with Gasteiger partial charge in [-0.1, -0.05) is 6.42 Å². The Kier molecular flexibility index (Phi) is 5.16. The van der Waals surface area contributed by atoms with E-state index in [0.717, 1.165) is 44.4 Å². The Bertz CT molecular complexity index is 246. The van der Waals surface area contributed by atoms with Crippen molar-refractivity contribution in [2.75, 3.05) is 12.3 Å². The molecule has 0 aromatic carbocycles. The smallest absolute Gasteiger partial charge is 0.233 e. The van der Waals surface area contributed by atoms with E-state index in [1.54, 1.807) is 11.8 Å². The van der Waals surface area contributed by atoms with E-state index in [-0.39, 0.29) is 17.3 Å². The molecule has 0 radical (unpaired) electrons. The standard InChI is InChI=1S/C13H23NO2S/c15-11-6-4-10(5-7-11)9-14-13(16)12-3-1-2-8-17-12/h10-12,15H,1-9H2,(H,14,16). The van der Waals surface area contributed by atoms with E-state index in [1.165, 1.54) is 12.8 Å². The highest BCUT2D eigenvalue weighted by Crippen LogP contribution is 2.26. The molecule has 17 heavy (non-hydrogen) atoms. The molecule has 0 spiro atoms. The number of hydrogen-bond acceptors (Lipinski definition) is 3. The minimum atomic E-state index is -0.101. The molecular weight excluding hydrogens is 234 g/mol. The number of carbonyl (C=O) groups excluding carboxylic acids is 1. The molecule has 4 heteroatoms. The van der Waals surface area contributed by atoms with E-state index >= 15 is 0 Å². The van der Waals surface area contributed by atoms with Crippen LogP contribution in [0.4, 0.5) is 0 Å². The van der Waals surface area contributed by atoms with E-state index < -0.39 is 0 Å². The maximum Gasteiger partial charge on any atom is 0.233 e. The molecule has 2 aliphatic rings. The third kappa shape index (κ3) is 4.18. The summed E-state index contributed by atoms with van der Waals surface area (Å²) in [5, 5.41) is 12.7. The zero-order chi connectivity index (χ0) is 12.1. The number of amides is 1. The van der Waals surface area contributed by atoms with Crippen molar-refractivity contribution in [3.63, 3.8) is 0 Å². The van der Waals surface area contributed by atoms with Crippen molar-refractivity contribution in [1.82, 2.24) is 5.32 Å². The molecule has 3 nitrogen and oxygen atoms in total. The lowest BCUT2D eigenvalue weighted by Gasteiger charge is -2.27. The summed E-state index contributed by atoms with van der Waals surface area (Å²) < 4.78 is 0. The molecule has 1 aliphatic carbocycles. The number of carbonyl (C=O) groups is 1. The van der Waals surface area contributed by atoms with Gasteiger partial charge in [-0.3, -0.25) is 4.79 Å². The van der Waals surface area contributed by atoms with Crippen molar-refractivity contribution in [2.45, 2.75) is 56.3 Å². The van der Waals surface area contributed by atoms with Gasteiger partial charge in [0.1, 0.15) is 0 Å². The van der Waals surface area contributed by atoms with Gasteiger partial charge >= 0.3 is 0 Å². The van der Waals surface area contributed by atoms with Crippen LogP contribution in [0.1, 0.15) is 44.9 Å². The highest BCUT2D eigenvalue weighted by Gasteiger charge is 2.24. The highest BCUT2D eigenvalue weighted by atomic mass is 32.2. The number of aliphatic hydroxyl groups is 1. The summed E-state index contributed by atoms with van der Waals surface area (Å²) >= 11 is 1.81.